The number of ether oxygens (including phenoxy) is 1. The first-order valence-electron chi connectivity index (χ1n) is 13.3. The number of alkyl carbamates (subject to hydrolysis) is 1. The molecule has 0 aliphatic carbocycles. The van der Waals surface area contributed by atoms with Gasteiger partial charge in [0.1, 0.15) is 23.4 Å². The van der Waals surface area contributed by atoms with Crippen molar-refractivity contribution < 1.29 is 24.2 Å². The Labute approximate surface area is 241 Å². The number of nitrogens with zero attached hydrogens (tertiary/aromatic N) is 1. The summed E-state index contributed by atoms with van der Waals surface area (Å²) in [6.07, 6.45) is 5.17. The average Bonchev–Trinajstić information content (AvgIpc) is 2.92. The lowest BCUT2D eigenvalue weighted by Crippen LogP contribution is -2.52. The predicted molar refractivity (Wildman–Crippen MR) is 158 cm³/mol. The molecule has 0 fully saturated rings. The normalized spacial score (nSPS) is 12.4. The molecule has 2 unspecified atom stereocenters. The van der Waals surface area contributed by atoms with Crippen LogP contribution in [0, 0.1) is 26.3 Å². The summed E-state index contributed by atoms with van der Waals surface area (Å²) in [5.74, 6) is -1.06. The number of hydrogen-bond acceptors (Lipinski definition) is 5. The van der Waals surface area contributed by atoms with Gasteiger partial charge in [-0.05, 0) is 74.6 Å². The van der Waals surface area contributed by atoms with E-state index in [1.54, 1.807) is 45.0 Å². The maximum Gasteiger partial charge on any atom is 0.408 e. The fraction of sp³-hybridized carbons (Fsp3) is 0.303. The van der Waals surface area contributed by atoms with E-state index < -0.39 is 35.6 Å². The number of terminal acetylenes is 1. The molecule has 0 spiro atoms. The van der Waals surface area contributed by atoms with Crippen LogP contribution in [0.5, 0.6) is 5.75 Å². The van der Waals surface area contributed by atoms with Crippen LogP contribution in [-0.4, -0.2) is 39.6 Å². The molecule has 0 heterocycles. The van der Waals surface area contributed by atoms with Crippen LogP contribution in [-0.2, 0) is 27.3 Å². The van der Waals surface area contributed by atoms with Gasteiger partial charge in [0, 0.05) is 19.0 Å². The van der Waals surface area contributed by atoms with Gasteiger partial charge in [-0.2, -0.15) is 0 Å². The molecule has 2 atom stereocenters. The first-order chi connectivity index (χ1) is 19.4. The summed E-state index contributed by atoms with van der Waals surface area (Å²) < 4.78 is 5.41. The lowest BCUT2D eigenvalue weighted by molar-refractivity contribution is -0.138. The Balaban J connectivity index is 2.00. The zero-order valence-corrected chi connectivity index (χ0v) is 24.1. The van der Waals surface area contributed by atoms with Crippen LogP contribution >= 0.6 is 0 Å². The minimum atomic E-state index is -1.17. The monoisotopic (exact) mass is 555 g/mol. The third-order valence-electron chi connectivity index (χ3n) is 6.50. The summed E-state index contributed by atoms with van der Waals surface area (Å²) in [7, 11) is 0. The Hall–Kier alpha value is -4.77. The quantitative estimate of drug-likeness (QED) is 0.257. The molecule has 0 aromatic heterocycles. The zero-order valence-electron chi connectivity index (χ0n) is 24.1. The van der Waals surface area contributed by atoms with Gasteiger partial charge in [-0.15, -0.1) is 0 Å². The van der Waals surface area contributed by atoms with E-state index in [2.05, 4.69) is 16.7 Å². The molecular weight excluding hydrogens is 518 g/mol. The Bertz CT molecular complexity index is 1410. The Kier molecular flexibility index (Phi) is 10.2. The van der Waals surface area contributed by atoms with Crippen LogP contribution in [0.2, 0.25) is 0 Å². The molecule has 8 heteroatoms. The van der Waals surface area contributed by atoms with Gasteiger partial charge < -0.3 is 20.5 Å². The molecule has 3 aromatic rings. The van der Waals surface area contributed by atoms with Crippen LogP contribution < -0.4 is 10.6 Å². The Morgan fingerprint density at radius 1 is 0.951 bits per heavy atom. The highest BCUT2D eigenvalue weighted by atomic mass is 16.6. The molecule has 0 saturated carbocycles. The summed E-state index contributed by atoms with van der Waals surface area (Å²) in [5, 5.41) is 15.3. The van der Waals surface area contributed by atoms with E-state index in [1.807, 2.05) is 50.2 Å². The van der Waals surface area contributed by atoms with Crippen LogP contribution in [0.25, 0.3) is 0 Å². The highest BCUT2D eigenvalue weighted by Crippen LogP contribution is 2.27. The van der Waals surface area contributed by atoms with Gasteiger partial charge >= 0.3 is 6.09 Å². The van der Waals surface area contributed by atoms with Crippen molar-refractivity contribution in [3.8, 4) is 18.2 Å². The lowest BCUT2D eigenvalue weighted by atomic mass is 9.94. The number of nitrogens with one attached hydrogen (secondary N) is 2. The van der Waals surface area contributed by atoms with Crippen molar-refractivity contribution in [2.24, 2.45) is 0 Å². The van der Waals surface area contributed by atoms with Crippen molar-refractivity contribution in [1.82, 2.24) is 15.5 Å². The number of rotatable bonds is 9. The SMILES string of the molecule is C#CN(C(=O)C(Cc1ccc(O)cc1)NC(=O)OC(C)(C)C)C(C(=O)NCc1ccccc1)c1cccc(C)c1C. The van der Waals surface area contributed by atoms with Crippen LogP contribution in [0.3, 0.4) is 0 Å². The third-order valence-corrected chi connectivity index (χ3v) is 6.50. The van der Waals surface area contributed by atoms with Crippen molar-refractivity contribution in [1.29, 1.82) is 0 Å². The number of phenols is 1. The highest BCUT2D eigenvalue weighted by molar-refractivity contribution is 5.93. The van der Waals surface area contributed by atoms with E-state index in [4.69, 9.17) is 11.2 Å². The zero-order chi connectivity index (χ0) is 30.2. The first kappa shape index (κ1) is 30.8. The van der Waals surface area contributed by atoms with Gasteiger partial charge in [0.15, 0.2) is 0 Å². The van der Waals surface area contributed by atoms with Gasteiger partial charge in [0.05, 0.1) is 0 Å². The lowest BCUT2D eigenvalue weighted by Gasteiger charge is -2.31. The summed E-state index contributed by atoms with van der Waals surface area (Å²) in [6.45, 7) is 9.16. The van der Waals surface area contributed by atoms with Crippen LogP contribution in [0.4, 0.5) is 4.79 Å². The minimum absolute atomic E-state index is 0.0433. The van der Waals surface area contributed by atoms with E-state index in [0.29, 0.717) is 11.1 Å². The molecule has 8 nitrogen and oxygen atoms in total. The molecule has 41 heavy (non-hydrogen) atoms. The highest BCUT2D eigenvalue weighted by Gasteiger charge is 2.36. The predicted octanol–water partition coefficient (Wildman–Crippen LogP) is 4.92. The number of benzene rings is 3. The second kappa shape index (κ2) is 13.5. The number of carbonyl (C=O) groups excluding carboxylic acids is 3. The van der Waals surface area contributed by atoms with E-state index in [9.17, 15) is 19.5 Å². The summed E-state index contributed by atoms with van der Waals surface area (Å²) in [6, 6.07) is 21.2. The molecule has 214 valence electrons. The second-order valence-corrected chi connectivity index (χ2v) is 10.8. The fourth-order valence-corrected chi connectivity index (χ4v) is 4.30. The molecule has 3 amide bonds. The second-order valence-electron chi connectivity index (χ2n) is 10.8. The molecule has 3 N–H and O–H groups in total. The number of amides is 3. The van der Waals surface area contributed by atoms with E-state index in [1.165, 1.54) is 12.1 Å². The smallest absolute Gasteiger partial charge is 0.408 e. The van der Waals surface area contributed by atoms with Crippen molar-refractivity contribution in [3.05, 3.63) is 101 Å². The largest absolute Gasteiger partial charge is 0.508 e. The van der Waals surface area contributed by atoms with Gasteiger partial charge in [-0.1, -0.05) is 67.1 Å². The topological polar surface area (TPSA) is 108 Å². The number of hydrogen-bond donors (Lipinski definition) is 3. The Morgan fingerprint density at radius 2 is 1.61 bits per heavy atom. The van der Waals surface area contributed by atoms with Gasteiger partial charge in [-0.25, -0.2) is 4.79 Å². The molecule has 0 saturated heterocycles. The number of phenolic OH excluding ortho intramolecular Hbond substituents is 1. The molecule has 3 aromatic carbocycles. The van der Waals surface area contributed by atoms with Crippen LogP contribution in [0.1, 0.15) is 54.6 Å². The van der Waals surface area contributed by atoms with Gasteiger partial charge in [0.25, 0.3) is 5.91 Å². The van der Waals surface area contributed by atoms with Crippen molar-refractivity contribution >= 4 is 17.9 Å². The van der Waals surface area contributed by atoms with E-state index in [-0.39, 0.29) is 18.7 Å². The van der Waals surface area contributed by atoms with Crippen molar-refractivity contribution in [3.63, 3.8) is 0 Å². The first-order valence-corrected chi connectivity index (χ1v) is 13.3. The van der Waals surface area contributed by atoms with Crippen molar-refractivity contribution in [2.75, 3.05) is 0 Å². The fourth-order valence-electron chi connectivity index (χ4n) is 4.30. The van der Waals surface area contributed by atoms with E-state index >= 15 is 0 Å². The van der Waals surface area contributed by atoms with Crippen LogP contribution in [0.15, 0.2) is 72.8 Å². The molecular formula is C33H37N3O5. The summed E-state index contributed by atoms with van der Waals surface area (Å²) >= 11 is 0. The molecule has 0 bridgehead atoms. The van der Waals surface area contributed by atoms with Gasteiger partial charge in [0.2, 0.25) is 5.91 Å². The minimum Gasteiger partial charge on any atom is -0.508 e. The average molecular weight is 556 g/mol. The maximum atomic E-state index is 14.1. The van der Waals surface area contributed by atoms with Gasteiger partial charge in [-0.3, -0.25) is 14.5 Å². The molecule has 0 aliphatic heterocycles. The summed E-state index contributed by atoms with van der Waals surface area (Å²) in [4.78, 5) is 41.7. The summed E-state index contributed by atoms with van der Waals surface area (Å²) in [5.41, 5.74) is 3.06. The van der Waals surface area contributed by atoms with E-state index in [0.717, 1.165) is 21.6 Å². The molecule has 0 radical (unpaired) electrons. The molecule has 0 aliphatic rings. The third kappa shape index (κ3) is 8.61. The maximum absolute atomic E-state index is 14.1. The standard InChI is InChI=1S/C33H37N3O5/c1-7-36(31(39)28(35-32(40)41-33(4,5)6)20-24-16-18-26(37)19-17-24)29(27-15-11-12-22(2)23(27)3)30(38)34-21-25-13-9-8-10-14-25/h1,8-19,28-29,37H,20-21H2,2-6H3,(H,34,38)(H,35,40). The Morgan fingerprint density at radius 3 is 2.22 bits per heavy atom. The van der Waals surface area contributed by atoms with Crippen molar-refractivity contribution in [2.45, 2.75) is 65.3 Å². The molecule has 3 rings (SSSR count). The number of aryl methyl sites for hydroxylation is 1. The number of carbonyl (C=O) groups is 3. The number of aromatic hydroxyl groups is 1.